The Morgan fingerprint density at radius 3 is 2.79 bits per heavy atom. The molecule has 0 atom stereocenters. The van der Waals surface area contributed by atoms with E-state index in [1.807, 2.05) is 10.7 Å². The van der Waals surface area contributed by atoms with E-state index >= 15 is 0 Å². The number of pyridine rings is 1. The molecule has 0 spiro atoms. The second-order valence-electron chi connectivity index (χ2n) is 8.22. The lowest BCUT2D eigenvalue weighted by molar-refractivity contribution is -0.122. The number of nitrogens with zero attached hydrogens (tertiary/aromatic N) is 5. The van der Waals surface area contributed by atoms with Crippen molar-refractivity contribution in [3.8, 4) is 11.3 Å². The van der Waals surface area contributed by atoms with E-state index in [0.717, 1.165) is 48.4 Å². The molecule has 1 saturated heterocycles. The van der Waals surface area contributed by atoms with Crippen LogP contribution in [0.2, 0.25) is 0 Å². The van der Waals surface area contributed by atoms with Gasteiger partial charge in [0, 0.05) is 30.3 Å². The summed E-state index contributed by atoms with van der Waals surface area (Å²) in [6, 6.07) is 2.15. The first-order valence-electron chi connectivity index (χ1n) is 10.3. The average Bonchev–Trinajstić information content (AvgIpc) is 3.35. The van der Waals surface area contributed by atoms with Gasteiger partial charge < -0.3 is 5.32 Å². The van der Waals surface area contributed by atoms with Crippen LogP contribution >= 0.6 is 0 Å². The fourth-order valence-corrected chi connectivity index (χ4v) is 4.36. The Labute approximate surface area is 170 Å². The molecule has 3 aromatic heterocycles. The van der Waals surface area contributed by atoms with E-state index < -0.39 is 0 Å². The van der Waals surface area contributed by atoms with E-state index in [0.29, 0.717) is 18.4 Å². The molecule has 0 aliphatic carbocycles. The molecule has 1 amide bonds. The van der Waals surface area contributed by atoms with E-state index in [9.17, 15) is 4.79 Å². The summed E-state index contributed by atoms with van der Waals surface area (Å²) in [5.41, 5.74) is 6.58. The number of hydrogen-bond donors (Lipinski definition) is 2. The lowest BCUT2D eigenvalue weighted by atomic mass is 9.86. The molecule has 0 radical (unpaired) electrons. The van der Waals surface area contributed by atoms with Crippen molar-refractivity contribution in [2.24, 2.45) is 0 Å². The monoisotopic (exact) mass is 395 g/mol. The van der Waals surface area contributed by atoms with Crippen molar-refractivity contribution in [2.75, 3.05) is 26.7 Å². The minimum Gasteiger partial charge on any atom is -0.358 e. The molecule has 29 heavy (non-hydrogen) atoms. The van der Waals surface area contributed by atoms with Crippen molar-refractivity contribution in [3.63, 3.8) is 0 Å². The maximum absolute atomic E-state index is 11.7. The van der Waals surface area contributed by atoms with E-state index in [-0.39, 0.29) is 5.91 Å². The molecule has 4 rings (SSSR count). The number of H-pyrrole nitrogens is 1. The van der Waals surface area contributed by atoms with E-state index in [1.165, 1.54) is 11.3 Å². The standard InChI is InChI=1S/C21H29N7O/c1-13(2)18-19(15-5-7-27(8-6-15)11-17(29)22-4)25-26-20(18)16-9-14(3)21-23-12-24-28(21)10-16/h9-10,12-13,15H,5-8,11H2,1-4H3,(H,22,29)(H,25,26). The normalized spacial score (nSPS) is 16.0. The van der Waals surface area contributed by atoms with Gasteiger partial charge in [-0.25, -0.2) is 9.50 Å². The number of nitrogens with one attached hydrogen (secondary N) is 2. The van der Waals surface area contributed by atoms with Crippen LogP contribution in [0.15, 0.2) is 18.6 Å². The molecule has 0 bridgehead atoms. The van der Waals surface area contributed by atoms with Gasteiger partial charge in [0.15, 0.2) is 5.65 Å². The molecule has 1 fully saturated rings. The summed E-state index contributed by atoms with van der Waals surface area (Å²) in [7, 11) is 1.69. The third-order valence-electron chi connectivity index (χ3n) is 5.88. The summed E-state index contributed by atoms with van der Waals surface area (Å²) in [6.07, 6.45) is 5.63. The Kier molecular flexibility index (Phi) is 5.36. The predicted molar refractivity (Wildman–Crippen MR) is 112 cm³/mol. The highest BCUT2D eigenvalue weighted by Gasteiger charge is 2.28. The topological polar surface area (TPSA) is 91.2 Å². The number of amides is 1. The SMILES string of the molecule is CNC(=O)CN1CCC(c2n[nH]c(-c3cc(C)c4ncnn4c3)c2C(C)C)CC1. The van der Waals surface area contributed by atoms with Crippen LogP contribution in [0.3, 0.4) is 0 Å². The van der Waals surface area contributed by atoms with E-state index in [4.69, 9.17) is 5.10 Å². The number of likely N-dealkylation sites (tertiary alicyclic amines) is 1. The van der Waals surface area contributed by atoms with Crippen LogP contribution in [0.1, 0.15) is 55.3 Å². The van der Waals surface area contributed by atoms with Crippen molar-refractivity contribution >= 4 is 11.6 Å². The summed E-state index contributed by atoms with van der Waals surface area (Å²) in [5.74, 6) is 0.844. The predicted octanol–water partition coefficient (Wildman–Crippen LogP) is 2.48. The van der Waals surface area contributed by atoms with Gasteiger partial charge in [0.1, 0.15) is 6.33 Å². The molecule has 0 aromatic carbocycles. The number of aryl methyl sites for hydroxylation is 1. The second kappa shape index (κ2) is 7.94. The number of aromatic amines is 1. The van der Waals surface area contributed by atoms with Crippen molar-refractivity contribution in [1.29, 1.82) is 0 Å². The number of hydrogen-bond acceptors (Lipinski definition) is 5. The maximum atomic E-state index is 11.7. The number of carbonyl (C=O) groups excluding carboxylic acids is 1. The first kappa shape index (κ1) is 19.6. The van der Waals surface area contributed by atoms with E-state index in [2.05, 4.69) is 52.2 Å². The Bertz CT molecular complexity index is 1010. The molecule has 154 valence electrons. The van der Waals surface area contributed by atoms with Crippen LogP contribution in [-0.4, -0.2) is 62.3 Å². The number of fused-ring (bicyclic) bond motifs is 1. The fraction of sp³-hybridized carbons (Fsp3) is 0.524. The van der Waals surface area contributed by atoms with Crippen LogP contribution in [0.25, 0.3) is 16.9 Å². The summed E-state index contributed by atoms with van der Waals surface area (Å²) >= 11 is 0. The number of likely N-dealkylation sites (N-methyl/N-ethyl adjacent to an activating group) is 1. The molecule has 1 aliphatic heterocycles. The molecule has 2 N–H and O–H groups in total. The Balaban J connectivity index is 1.61. The van der Waals surface area contributed by atoms with Gasteiger partial charge in [0.05, 0.1) is 17.9 Å². The zero-order valence-electron chi connectivity index (χ0n) is 17.6. The number of piperidine rings is 1. The highest BCUT2D eigenvalue weighted by Crippen LogP contribution is 2.37. The highest BCUT2D eigenvalue weighted by atomic mass is 16.1. The summed E-state index contributed by atoms with van der Waals surface area (Å²) in [5, 5.41) is 15.1. The van der Waals surface area contributed by atoms with Gasteiger partial charge in [-0.15, -0.1) is 0 Å². The van der Waals surface area contributed by atoms with Crippen LogP contribution < -0.4 is 5.32 Å². The molecule has 4 heterocycles. The van der Waals surface area contributed by atoms with Crippen molar-refractivity contribution in [1.82, 2.24) is 35.0 Å². The Hall–Kier alpha value is -2.74. The quantitative estimate of drug-likeness (QED) is 0.693. The second-order valence-corrected chi connectivity index (χ2v) is 8.22. The summed E-state index contributed by atoms with van der Waals surface area (Å²) in [6.45, 7) is 8.81. The van der Waals surface area contributed by atoms with Gasteiger partial charge >= 0.3 is 0 Å². The van der Waals surface area contributed by atoms with Crippen molar-refractivity contribution in [2.45, 2.75) is 45.4 Å². The number of carbonyl (C=O) groups is 1. The fourth-order valence-electron chi connectivity index (χ4n) is 4.36. The number of aromatic nitrogens is 5. The Morgan fingerprint density at radius 2 is 2.10 bits per heavy atom. The third-order valence-corrected chi connectivity index (χ3v) is 5.88. The smallest absolute Gasteiger partial charge is 0.233 e. The average molecular weight is 396 g/mol. The van der Waals surface area contributed by atoms with Gasteiger partial charge in [-0.1, -0.05) is 13.8 Å². The first-order valence-corrected chi connectivity index (χ1v) is 10.3. The molecule has 0 saturated carbocycles. The molecular formula is C21H29N7O. The molecule has 0 unspecified atom stereocenters. The van der Waals surface area contributed by atoms with Gasteiger partial charge in [-0.3, -0.25) is 14.8 Å². The highest BCUT2D eigenvalue weighted by molar-refractivity contribution is 5.77. The zero-order valence-corrected chi connectivity index (χ0v) is 17.6. The minimum absolute atomic E-state index is 0.0762. The van der Waals surface area contributed by atoms with Crippen molar-refractivity contribution in [3.05, 3.63) is 35.4 Å². The van der Waals surface area contributed by atoms with Crippen LogP contribution in [0.4, 0.5) is 0 Å². The van der Waals surface area contributed by atoms with Crippen molar-refractivity contribution < 1.29 is 4.79 Å². The minimum atomic E-state index is 0.0762. The van der Waals surface area contributed by atoms with Gasteiger partial charge in [0.25, 0.3) is 0 Å². The van der Waals surface area contributed by atoms with Crippen LogP contribution in [0.5, 0.6) is 0 Å². The molecule has 1 aliphatic rings. The van der Waals surface area contributed by atoms with E-state index in [1.54, 1.807) is 13.4 Å². The van der Waals surface area contributed by atoms with Gasteiger partial charge in [0.2, 0.25) is 5.91 Å². The summed E-state index contributed by atoms with van der Waals surface area (Å²) in [4.78, 5) is 18.2. The Morgan fingerprint density at radius 1 is 1.34 bits per heavy atom. The zero-order chi connectivity index (χ0) is 20.5. The largest absolute Gasteiger partial charge is 0.358 e. The van der Waals surface area contributed by atoms with Crippen LogP contribution in [-0.2, 0) is 4.79 Å². The first-order chi connectivity index (χ1) is 14.0. The maximum Gasteiger partial charge on any atom is 0.233 e. The third kappa shape index (κ3) is 3.76. The lowest BCUT2D eigenvalue weighted by Crippen LogP contribution is -2.40. The lowest BCUT2D eigenvalue weighted by Gasteiger charge is -2.31. The molecular weight excluding hydrogens is 366 g/mol. The van der Waals surface area contributed by atoms with Crippen LogP contribution in [0, 0.1) is 6.92 Å². The summed E-state index contributed by atoms with van der Waals surface area (Å²) < 4.78 is 1.83. The molecule has 8 nitrogen and oxygen atoms in total. The molecule has 3 aromatic rings. The van der Waals surface area contributed by atoms with Gasteiger partial charge in [-0.2, -0.15) is 10.2 Å². The van der Waals surface area contributed by atoms with Gasteiger partial charge in [-0.05, 0) is 50.4 Å². The number of rotatable bonds is 5. The molecule has 8 heteroatoms.